The van der Waals surface area contributed by atoms with Gasteiger partial charge in [0.15, 0.2) is 6.61 Å². The Hall–Kier alpha value is -1.10. The molecule has 1 aliphatic heterocycles. The summed E-state index contributed by atoms with van der Waals surface area (Å²) in [6, 6.07) is 0. The van der Waals surface area contributed by atoms with Crippen molar-refractivity contribution in [1.29, 1.82) is 0 Å². The molecule has 5 heteroatoms. The Morgan fingerprint density at radius 1 is 1.50 bits per heavy atom. The van der Waals surface area contributed by atoms with Gasteiger partial charge in [0.2, 0.25) is 0 Å². The van der Waals surface area contributed by atoms with E-state index in [9.17, 15) is 9.59 Å². The number of ether oxygens (including phenoxy) is 2. The Morgan fingerprint density at radius 3 is 2.81 bits per heavy atom. The maximum atomic E-state index is 11.6. The van der Waals surface area contributed by atoms with Crippen LogP contribution in [-0.4, -0.2) is 38.7 Å². The monoisotopic (exact) mass is 229 g/mol. The number of rotatable bonds is 4. The van der Waals surface area contributed by atoms with Crippen molar-refractivity contribution in [3.8, 4) is 0 Å². The number of piperidine rings is 1. The molecule has 0 radical (unpaired) electrons. The first-order chi connectivity index (χ1) is 7.65. The fraction of sp³-hybridized carbons (Fsp3) is 0.818. The predicted molar refractivity (Wildman–Crippen MR) is 57.7 cm³/mol. The molecule has 1 fully saturated rings. The Bertz CT molecular complexity index is 248. The van der Waals surface area contributed by atoms with Crippen molar-refractivity contribution in [2.45, 2.75) is 19.8 Å². The van der Waals surface area contributed by atoms with Gasteiger partial charge in [0.25, 0.3) is 0 Å². The second-order valence-electron chi connectivity index (χ2n) is 4.08. The van der Waals surface area contributed by atoms with Gasteiger partial charge < -0.3 is 14.8 Å². The van der Waals surface area contributed by atoms with Gasteiger partial charge in [-0.3, -0.25) is 4.79 Å². The number of carbonyl (C=O) groups is 2. The molecule has 0 amide bonds. The molecule has 2 atom stereocenters. The van der Waals surface area contributed by atoms with Crippen LogP contribution in [0.25, 0.3) is 0 Å². The summed E-state index contributed by atoms with van der Waals surface area (Å²) in [6.45, 7) is 3.41. The molecule has 0 bridgehead atoms. The molecule has 0 aromatic carbocycles. The molecule has 0 aromatic heterocycles. The van der Waals surface area contributed by atoms with Crippen molar-refractivity contribution in [2.75, 3.05) is 26.8 Å². The van der Waals surface area contributed by atoms with Gasteiger partial charge >= 0.3 is 11.9 Å². The highest BCUT2D eigenvalue weighted by Crippen LogP contribution is 2.20. The fourth-order valence-electron chi connectivity index (χ4n) is 1.82. The lowest BCUT2D eigenvalue weighted by atomic mass is 9.87. The number of hydrogen-bond donors (Lipinski definition) is 1. The number of hydrogen-bond acceptors (Lipinski definition) is 5. The van der Waals surface area contributed by atoms with Gasteiger partial charge in [-0.1, -0.05) is 6.92 Å². The van der Waals surface area contributed by atoms with Crippen molar-refractivity contribution in [3.05, 3.63) is 0 Å². The number of nitrogens with one attached hydrogen (secondary N) is 1. The summed E-state index contributed by atoms with van der Waals surface area (Å²) in [5, 5.41) is 3.25. The van der Waals surface area contributed by atoms with Gasteiger partial charge in [0, 0.05) is 0 Å². The van der Waals surface area contributed by atoms with Crippen molar-refractivity contribution < 1.29 is 19.1 Å². The zero-order chi connectivity index (χ0) is 12.0. The molecular formula is C11H19NO4. The van der Waals surface area contributed by atoms with Gasteiger partial charge in [-0.05, 0) is 31.8 Å². The maximum absolute atomic E-state index is 11.6. The molecule has 0 spiro atoms. The van der Waals surface area contributed by atoms with Crippen LogP contribution in [0.1, 0.15) is 19.8 Å². The lowest BCUT2D eigenvalue weighted by Crippen LogP contribution is -2.37. The van der Waals surface area contributed by atoms with Gasteiger partial charge in [-0.2, -0.15) is 0 Å². The third-order valence-electron chi connectivity index (χ3n) is 2.97. The summed E-state index contributed by atoms with van der Waals surface area (Å²) in [5.41, 5.74) is 0. The summed E-state index contributed by atoms with van der Waals surface area (Å²) in [6.07, 6.45) is 2.11. The third-order valence-corrected chi connectivity index (χ3v) is 2.97. The Balaban J connectivity index is 2.31. The van der Waals surface area contributed by atoms with Crippen LogP contribution in [0.3, 0.4) is 0 Å². The van der Waals surface area contributed by atoms with Crippen LogP contribution < -0.4 is 5.32 Å². The summed E-state index contributed by atoms with van der Waals surface area (Å²) in [7, 11) is 1.27. The van der Waals surface area contributed by atoms with E-state index in [1.165, 1.54) is 7.11 Å². The molecule has 1 heterocycles. The van der Waals surface area contributed by atoms with E-state index in [0.717, 1.165) is 25.9 Å². The van der Waals surface area contributed by atoms with Crippen LogP contribution in [0.2, 0.25) is 0 Å². The highest BCUT2D eigenvalue weighted by atomic mass is 16.6. The summed E-state index contributed by atoms with van der Waals surface area (Å²) < 4.78 is 9.27. The minimum Gasteiger partial charge on any atom is -0.466 e. The summed E-state index contributed by atoms with van der Waals surface area (Å²) in [5.74, 6) is -0.710. The molecule has 0 saturated carbocycles. The first-order valence-electron chi connectivity index (χ1n) is 5.59. The highest BCUT2D eigenvalue weighted by molar-refractivity contribution is 5.77. The predicted octanol–water partition coefficient (Wildman–Crippen LogP) is 0.338. The van der Waals surface area contributed by atoms with Crippen molar-refractivity contribution in [3.63, 3.8) is 0 Å². The molecular weight excluding hydrogens is 210 g/mol. The Labute approximate surface area is 95.5 Å². The summed E-state index contributed by atoms with van der Waals surface area (Å²) in [4.78, 5) is 22.4. The summed E-state index contributed by atoms with van der Waals surface area (Å²) >= 11 is 0. The average molecular weight is 229 g/mol. The molecule has 1 aliphatic rings. The van der Waals surface area contributed by atoms with E-state index in [1.54, 1.807) is 0 Å². The van der Waals surface area contributed by atoms with Crippen molar-refractivity contribution in [2.24, 2.45) is 11.8 Å². The van der Waals surface area contributed by atoms with Crippen LogP contribution in [0.4, 0.5) is 0 Å². The lowest BCUT2D eigenvalue weighted by Gasteiger charge is -2.26. The van der Waals surface area contributed by atoms with Crippen molar-refractivity contribution >= 4 is 11.9 Å². The van der Waals surface area contributed by atoms with Gasteiger partial charge in [-0.25, -0.2) is 4.79 Å². The molecule has 1 rings (SSSR count). The minimum absolute atomic E-state index is 0.169. The quantitative estimate of drug-likeness (QED) is 0.704. The molecule has 5 nitrogen and oxygen atoms in total. The van der Waals surface area contributed by atoms with Crippen LogP contribution in [0.15, 0.2) is 0 Å². The zero-order valence-corrected chi connectivity index (χ0v) is 9.82. The molecule has 1 N–H and O–H groups in total. The molecule has 16 heavy (non-hydrogen) atoms. The van der Waals surface area contributed by atoms with E-state index in [4.69, 9.17) is 4.74 Å². The lowest BCUT2D eigenvalue weighted by molar-refractivity contribution is -0.160. The molecule has 92 valence electrons. The van der Waals surface area contributed by atoms with Crippen LogP contribution in [0.5, 0.6) is 0 Å². The van der Waals surface area contributed by atoms with E-state index < -0.39 is 5.97 Å². The van der Waals surface area contributed by atoms with Gasteiger partial charge in [0.05, 0.1) is 13.0 Å². The normalized spacial score (nSPS) is 22.2. The molecule has 0 aliphatic carbocycles. The maximum Gasteiger partial charge on any atom is 0.344 e. The second kappa shape index (κ2) is 6.48. The van der Waals surface area contributed by atoms with Crippen LogP contribution in [-0.2, 0) is 19.1 Å². The minimum atomic E-state index is -0.526. The molecule has 1 saturated heterocycles. The highest BCUT2D eigenvalue weighted by Gasteiger charge is 2.27. The van der Waals surface area contributed by atoms with Gasteiger partial charge in [0.1, 0.15) is 0 Å². The van der Waals surface area contributed by atoms with E-state index >= 15 is 0 Å². The second-order valence-corrected chi connectivity index (χ2v) is 4.08. The smallest absolute Gasteiger partial charge is 0.344 e. The first kappa shape index (κ1) is 13.0. The third kappa shape index (κ3) is 3.81. The topological polar surface area (TPSA) is 64.6 Å². The van der Waals surface area contributed by atoms with Gasteiger partial charge in [-0.15, -0.1) is 0 Å². The Morgan fingerprint density at radius 2 is 2.25 bits per heavy atom. The van der Waals surface area contributed by atoms with E-state index in [1.807, 2.05) is 6.92 Å². The number of carbonyl (C=O) groups excluding carboxylic acids is 2. The molecule has 2 unspecified atom stereocenters. The SMILES string of the molecule is COC(=O)COC(=O)C(C)C1CCCNC1. The first-order valence-corrected chi connectivity index (χ1v) is 5.59. The standard InChI is InChI=1S/C11H19NO4/c1-8(9-4-3-5-12-6-9)11(14)16-7-10(13)15-2/h8-9,12H,3-7H2,1-2H3. The zero-order valence-electron chi connectivity index (χ0n) is 9.82. The fourth-order valence-corrected chi connectivity index (χ4v) is 1.82. The van der Waals surface area contributed by atoms with Crippen LogP contribution >= 0.6 is 0 Å². The van der Waals surface area contributed by atoms with E-state index in [0.29, 0.717) is 5.92 Å². The van der Waals surface area contributed by atoms with E-state index in [-0.39, 0.29) is 18.5 Å². The number of methoxy groups -OCH3 is 1. The van der Waals surface area contributed by atoms with E-state index in [2.05, 4.69) is 10.1 Å². The van der Waals surface area contributed by atoms with Crippen molar-refractivity contribution in [1.82, 2.24) is 5.32 Å². The number of esters is 2. The average Bonchev–Trinajstić information content (AvgIpc) is 2.35. The Kier molecular flexibility index (Phi) is 5.25. The largest absolute Gasteiger partial charge is 0.466 e. The molecule has 0 aromatic rings. The van der Waals surface area contributed by atoms with Crippen LogP contribution in [0, 0.1) is 11.8 Å².